The van der Waals surface area contributed by atoms with Crippen molar-refractivity contribution in [3.8, 4) is 0 Å². The van der Waals surface area contributed by atoms with Crippen molar-refractivity contribution in [2.45, 2.75) is 70.2 Å². The number of rotatable bonds is 9. The van der Waals surface area contributed by atoms with E-state index in [1.807, 2.05) is 12.2 Å². The Bertz CT molecular complexity index is 1250. The van der Waals surface area contributed by atoms with Gasteiger partial charge in [0.25, 0.3) is 0 Å². The third-order valence-corrected chi connectivity index (χ3v) is 11.1. The predicted octanol–water partition coefficient (Wildman–Crippen LogP) is 3.40. The third kappa shape index (κ3) is 5.74. The molecule has 43 heavy (non-hydrogen) atoms. The Morgan fingerprint density at radius 1 is 1.07 bits per heavy atom. The van der Waals surface area contributed by atoms with Crippen LogP contribution in [0.4, 0.5) is 5.69 Å². The van der Waals surface area contributed by atoms with Crippen LogP contribution in [-0.4, -0.2) is 102 Å². The van der Waals surface area contributed by atoms with Crippen molar-refractivity contribution in [1.29, 1.82) is 0 Å². The summed E-state index contributed by atoms with van der Waals surface area (Å²) in [5.41, 5.74) is -0.586. The number of carbonyl (C=O) groups is 3. The van der Waals surface area contributed by atoms with Crippen molar-refractivity contribution in [3.63, 3.8) is 0 Å². The van der Waals surface area contributed by atoms with Gasteiger partial charge in [-0.15, -0.1) is 0 Å². The zero-order valence-electron chi connectivity index (χ0n) is 25.6. The topological polar surface area (TPSA) is 94.2 Å². The lowest BCUT2D eigenvalue weighted by molar-refractivity contribution is -0.141. The second-order valence-corrected chi connectivity index (χ2v) is 13.7. The van der Waals surface area contributed by atoms with Gasteiger partial charge in [0.2, 0.25) is 17.7 Å². The molecule has 4 fully saturated rings. The second kappa shape index (κ2) is 12.5. The summed E-state index contributed by atoms with van der Waals surface area (Å²) in [5, 5.41) is 6.81. The number of hydrogen-bond donors (Lipinski definition) is 2. The van der Waals surface area contributed by atoms with E-state index in [0.29, 0.717) is 29.1 Å². The van der Waals surface area contributed by atoms with E-state index in [2.05, 4.69) is 41.2 Å². The lowest BCUT2D eigenvalue weighted by Crippen LogP contribution is -2.58. The molecule has 10 heteroatoms. The summed E-state index contributed by atoms with van der Waals surface area (Å²) in [6, 6.07) is 6.23. The summed E-state index contributed by atoms with van der Waals surface area (Å²) in [4.78, 5) is 48.8. The van der Waals surface area contributed by atoms with Crippen LogP contribution in [0.3, 0.4) is 0 Å². The van der Waals surface area contributed by atoms with Gasteiger partial charge in [-0.3, -0.25) is 14.4 Å². The van der Waals surface area contributed by atoms with Crippen LogP contribution in [0.5, 0.6) is 0 Å². The van der Waals surface area contributed by atoms with Gasteiger partial charge in [-0.05, 0) is 56.0 Å². The number of anilines is 1. The highest BCUT2D eigenvalue weighted by Gasteiger charge is 2.72. The Morgan fingerprint density at radius 3 is 2.58 bits per heavy atom. The van der Waals surface area contributed by atoms with E-state index in [-0.39, 0.29) is 23.8 Å². The molecule has 0 unspecified atom stereocenters. The molecule has 4 heterocycles. The first-order valence-electron chi connectivity index (χ1n) is 16.2. The fourth-order valence-electron chi connectivity index (χ4n) is 8.14. The number of fused-ring (bicyclic) bond motifs is 1. The SMILES string of the molecule is CCN1CCN(CCCN2C(=O)[C@H]3[C@H](C(=O)Nc4cccc(Cl)c4)[C@H]4C=C[C@@]3(O4)[C@@H]2C(=O)N[C@@H]2CCC[C@@H](C)[C@@H]2C)CC1. The standard InChI is InChI=1S/C33H46ClN5O4/c1-4-37-16-18-38(19-17-37)14-7-15-39-29(31(41)36-25-11-5-8-21(2)22(25)3)33-13-12-26(43-33)27(28(33)32(39)42)30(40)35-24-10-6-9-23(34)20-24/h6,9-10,12-13,20-22,25-29H,4-5,7-8,11,14-19H2,1-3H3,(H,35,40)(H,36,41)/t21-,22+,25-,26-,27-,28-,29+,33+/m1/s1. The molecule has 8 atom stereocenters. The van der Waals surface area contributed by atoms with Crippen molar-refractivity contribution in [3.05, 3.63) is 41.4 Å². The summed E-state index contributed by atoms with van der Waals surface area (Å²) in [7, 11) is 0. The van der Waals surface area contributed by atoms with Crippen molar-refractivity contribution in [1.82, 2.24) is 20.0 Å². The van der Waals surface area contributed by atoms with Gasteiger partial charge in [-0.2, -0.15) is 0 Å². The Labute approximate surface area is 260 Å². The Morgan fingerprint density at radius 2 is 1.84 bits per heavy atom. The molecule has 3 amide bonds. The molecule has 6 rings (SSSR count). The van der Waals surface area contributed by atoms with Crippen LogP contribution in [0.1, 0.15) is 46.5 Å². The van der Waals surface area contributed by atoms with Crippen molar-refractivity contribution in [2.24, 2.45) is 23.7 Å². The van der Waals surface area contributed by atoms with E-state index in [4.69, 9.17) is 16.3 Å². The monoisotopic (exact) mass is 611 g/mol. The number of nitrogens with zero attached hydrogens (tertiary/aromatic N) is 3. The van der Waals surface area contributed by atoms with Gasteiger partial charge in [-0.25, -0.2) is 0 Å². The highest BCUT2D eigenvalue weighted by atomic mass is 35.5. The number of halogens is 1. The zero-order chi connectivity index (χ0) is 30.3. The maximum atomic E-state index is 14.3. The molecule has 1 saturated carbocycles. The number of benzene rings is 1. The normalized spacial score (nSPS) is 35.8. The lowest BCUT2D eigenvalue weighted by atomic mass is 9.73. The summed E-state index contributed by atoms with van der Waals surface area (Å²) in [6.45, 7) is 13.1. The maximum Gasteiger partial charge on any atom is 0.246 e. The third-order valence-electron chi connectivity index (χ3n) is 10.8. The fourth-order valence-corrected chi connectivity index (χ4v) is 8.33. The van der Waals surface area contributed by atoms with E-state index in [1.165, 1.54) is 0 Å². The second-order valence-electron chi connectivity index (χ2n) is 13.2. The molecule has 2 bridgehead atoms. The minimum Gasteiger partial charge on any atom is -0.359 e. The first-order chi connectivity index (χ1) is 20.7. The van der Waals surface area contributed by atoms with E-state index in [1.54, 1.807) is 29.2 Å². The number of ether oxygens (including phenoxy) is 1. The summed E-state index contributed by atoms with van der Waals surface area (Å²) < 4.78 is 6.53. The Balaban J connectivity index is 1.22. The van der Waals surface area contributed by atoms with Gasteiger partial charge in [0, 0.05) is 49.5 Å². The minimum atomic E-state index is -1.15. The number of nitrogens with one attached hydrogen (secondary N) is 2. The van der Waals surface area contributed by atoms with Gasteiger partial charge < -0.3 is 30.1 Å². The highest BCUT2D eigenvalue weighted by Crippen LogP contribution is 2.55. The molecule has 3 saturated heterocycles. The van der Waals surface area contributed by atoms with E-state index >= 15 is 0 Å². The van der Waals surface area contributed by atoms with Crippen LogP contribution in [-0.2, 0) is 19.1 Å². The summed E-state index contributed by atoms with van der Waals surface area (Å²) in [5.74, 6) is -1.23. The Kier molecular flexibility index (Phi) is 8.89. The first-order valence-corrected chi connectivity index (χ1v) is 16.6. The maximum absolute atomic E-state index is 14.3. The average molecular weight is 612 g/mol. The van der Waals surface area contributed by atoms with Crippen LogP contribution in [0, 0.1) is 23.7 Å². The largest absolute Gasteiger partial charge is 0.359 e. The number of amides is 3. The molecular formula is C33H46ClN5O4. The highest BCUT2D eigenvalue weighted by molar-refractivity contribution is 6.30. The lowest BCUT2D eigenvalue weighted by Gasteiger charge is -2.38. The molecular weight excluding hydrogens is 566 g/mol. The van der Waals surface area contributed by atoms with Crippen molar-refractivity contribution >= 4 is 35.0 Å². The Hall–Kier alpha value is -2.46. The fraction of sp³-hybridized carbons (Fsp3) is 0.667. The van der Waals surface area contributed by atoms with Gasteiger partial charge in [0.05, 0.1) is 17.9 Å². The van der Waals surface area contributed by atoms with Crippen LogP contribution in [0.25, 0.3) is 0 Å². The van der Waals surface area contributed by atoms with Gasteiger partial charge in [0.1, 0.15) is 11.6 Å². The van der Waals surface area contributed by atoms with Crippen molar-refractivity contribution in [2.75, 3.05) is 51.1 Å². The number of hydrogen-bond acceptors (Lipinski definition) is 6. The smallest absolute Gasteiger partial charge is 0.246 e. The van der Waals surface area contributed by atoms with Gasteiger partial charge in [-0.1, -0.05) is 63.4 Å². The molecule has 1 aromatic carbocycles. The first kappa shape index (κ1) is 30.6. The molecule has 0 aromatic heterocycles. The number of carbonyl (C=O) groups excluding carboxylic acids is 3. The predicted molar refractivity (Wildman–Crippen MR) is 167 cm³/mol. The molecule has 1 aliphatic carbocycles. The summed E-state index contributed by atoms with van der Waals surface area (Å²) in [6.07, 6.45) is 7.13. The van der Waals surface area contributed by atoms with E-state index in [9.17, 15) is 14.4 Å². The molecule has 0 radical (unpaired) electrons. The minimum absolute atomic E-state index is 0.0584. The molecule has 5 aliphatic rings. The van der Waals surface area contributed by atoms with Crippen molar-refractivity contribution < 1.29 is 19.1 Å². The van der Waals surface area contributed by atoms with Crippen LogP contribution in [0.15, 0.2) is 36.4 Å². The number of piperazine rings is 1. The quantitative estimate of drug-likeness (QED) is 0.416. The van der Waals surface area contributed by atoms with E-state index < -0.39 is 29.6 Å². The van der Waals surface area contributed by atoms with Gasteiger partial charge in [0.15, 0.2) is 0 Å². The average Bonchev–Trinajstić information content (AvgIpc) is 3.63. The molecule has 4 aliphatic heterocycles. The molecule has 2 N–H and O–H groups in total. The van der Waals surface area contributed by atoms with Crippen LogP contribution >= 0.6 is 11.6 Å². The van der Waals surface area contributed by atoms with Gasteiger partial charge >= 0.3 is 0 Å². The molecule has 1 aromatic rings. The number of likely N-dealkylation sites (N-methyl/N-ethyl adjacent to an activating group) is 1. The molecule has 1 spiro atoms. The molecule has 9 nitrogen and oxygen atoms in total. The number of likely N-dealkylation sites (tertiary alicyclic amines) is 1. The summed E-state index contributed by atoms with van der Waals surface area (Å²) >= 11 is 6.16. The van der Waals surface area contributed by atoms with Crippen LogP contribution < -0.4 is 10.6 Å². The zero-order valence-corrected chi connectivity index (χ0v) is 26.4. The molecule has 234 valence electrons. The van der Waals surface area contributed by atoms with E-state index in [0.717, 1.165) is 65.0 Å². The van der Waals surface area contributed by atoms with Crippen LogP contribution in [0.2, 0.25) is 5.02 Å².